The Labute approximate surface area is 103 Å². The maximum absolute atomic E-state index is 12.1. The van der Waals surface area contributed by atoms with Gasteiger partial charge < -0.3 is 4.90 Å². The number of carbonyl (C=O) groups is 1. The Balaban J connectivity index is 2.50. The van der Waals surface area contributed by atoms with Crippen LogP contribution in [0.25, 0.3) is 0 Å². The van der Waals surface area contributed by atoms with Crippen molar-refractivity contribution in [2.75, 3.05) is 12.8 Å². The highest BCUT2D eigenvalue weighted by molar-refractivity contribution is 7.99. The van der Waals surface area contributed by atoms with Gasteiger partial charge in [-0.15, -0.1) is 0 Å². The zero-order valence-corrected chi connectivity index (χ0v) is 11.6. The van der Waals surface area contributed by atoms with Crippen molar-refractivity contribution in [3.8, 4) is 0 Å². The normalized spacial score (nSPS) is 27.5. The smallest absolute Gasteiger partial charge is 0.241 e. The average molecular weight is 244 g/mol. The van der Waals surface area contributed by atoms with E-state index < -0.39 is 0 Å². The van der Waals surface area contributed by atoms with Gasteiger partial charge in [-0.1, -0.05) is 26.7 Å². The molecule has 0 aromatic heterocycles. The summed E-state index contributed by atoms with van der Waals surface area (Å²) in [5.41, 5.74) is 0. The van der Waals surface area contributed by atoms with Gasteiger partial charge in [0.25, 0.3) is 0 Å². The second-order valence-electron chi connectivity index (χ2n) is 4.57. The van der Waals surface area contributed by atoms with E-state index in [1.54, 1.807) is 0 Å². The number of carbonyl (C=O) groups excluding carboxylic acids is 1. The number of thioether (sulfide) groups is 1. The molecule has 1 saturated heterocycles. The summed E-state index contributed by atoms with van der Waals surface area (Å²) in [7, 11) is 0. The van der Waals surface area contributed by atoms with Gasteiger partial charge in [-0.3, -0.25) is 10.1 Å². The van der Waals surface area contributed by atoms with Crippen LogP contribution in [-0.2, 0) is 4.79 Å². The van der Waals surface area contributed by atoms with Crippen LogP contribution >= 0.6 is 11.8 Å². The van der Waals surface area contributed by atoms with Gasteiger partial charge in [-0.25, -0.2) is 0 Å². The van der Waals surface area contributed by atoms with Crippen molar-refractivity contribution in [1.29, 1.82) is 0 Å². The molecule has 0 saturated carbocycles. The molecule has 1 heterocycles. The van der Waals surface area contributed by atoms with E-state index in [0.717, 1.165) is 25.8 Å². The summed E-state index contributed by atoms with van der Waals surface area (Å²) in [6.07, 6.45) is 5.55. The summed E-state index contributed by atoms with van der Waals surface area (Å²) in [6.45, 7) is 7.27. The molecule has 0 aromatic rings. The first kappa shape index (κ1) is 13.8. The summed E-state index contributed by atoms with van der Waals surface area (Å²) in [4.78, 5) is 14.1. The zero-order chi connectivity index (χ0) is 12.1. The Bertz CT molecular complexity index is 235. The molecule has 16 heavy (non-hydrogen) atoms. The van der Waals surface area contributed by atoms with Crippen molar-refractivity contribution >= 4 is 17.7 Å². The van der Waals surface area contributed by atoms with E-state index in [0.29, 0.717) is 11.2 Å². The Kier molecular flexibility index (Phi) is 5.62. The van der Waals surface area contributed by atoms with Crippen LogP contribution in [0.4, 0.5) is 0 Å². The first-order chi connectivity index (χ1) is 7.60. The minimum absolute atomic E-state index is 0.0593. The number of rotatable bonds is 6. The van der Waals surface area contributed by atoms with Crippen molar-refractivity contribution < 1.29 is 4.79 Å². The molecule has 1 rings (SSSR count). The predicted octanol–water partition coefficient (Wildman–Crippen LogP) is 2.07. The maximum atomic E-state index is 12.1. The second-order valence-corrected chi connectivity index (χ2v) is 5.85. The third-order valence-corrected chi connectivity index (χ3v) is 4.15. The summed E-state index contributed by atoms with van der Waals surface area (Å²) in [5, 5.41) is 3.90. The Morgan fingerprint density at radius 1 is 1.56 bits per heavy atom. The Morgan fingerprint density at radius 2 is 2.25 bits per heavy atom. The first-order valence-corrected chi connectivity index (χ1v) is 7.48. The fourth-order valence-corrected chi connectivity index (χ4v) is 2.37. The van der Waals surface area contributed by atoms with Gasteiger partial charge in [0, 0.05) is 11.8 Å². The van der Waals surface area contributed by atoms with Crippen molar-refractivity contribution in [2.24, 2.45) is 0 Å². The van der Waals surface area contributed by atoms with Crippen LogP contribution in [0.1, 0.15) is 40.0 Å². The van der Waals surface area contributed by atoms with Crippen LogP contribution in [0.15, 0.2) is 0 Å². The van der Waals surface area contributed by atoms with E-state index in [2.05, 4.69) is 32.3 Å². The number of nitrogens with one attached hydrogen (secondary N) is 1. The maximum Gasteiger partial charge on any atom is 0.241 e. The lowest BCUT2D eigenvalue weighted by Crippen LogP contribution is -2.38. The quantitative estimate of drug-likeness (QED) is 0.776. The molecule has 1 fully saturated rings. The molecule has 1 aliphatic rings. The molecule has 94 valence electrons. The molecule has 0 aromatic carbocycles. The second kappa shape index (κ2) is 6.50. The van der Waals surface area contributed by atoms with E-state index >= 15 is 0 Å². The number of hydrogen-bond donors (Lipinski definition) is 1. The molecule has 0 spiro atoms. The molecule has 0 bridgehead atoms. The molecule has 1 amide bonds. The average Bonchev–Trinajstić information content (AvgIpc) is 2.53. The predicted molar refractivity (Wildman–Crippen MR) is 70.6 cm³/mol. The van der Waals surface area contributed by atoms with E-state index in [4.69, 9.17) is 0 Å². The van der Waals surface area contributed by atoms with Crippen LogP contribution in [0.5, 0.6) is 0 Å². The summed E-state index contributed by atoms with van der Waals surface area (Å²) in [6, 6.07) is 0.0593. The van der Waals surface area contributed by atoms with Gasteiger partial charge in [0.05, 0.1) is 12.2 Å². The fourth-order valence-electron chi connectivity index (χ4n) is 2.06. The van der Waals surface area contributed by atoms with Crippen LogP contribution < -0.4 is 5.32 Å². The van der Waals surface area contributed by atoms with Crippen LogP contribution in [0, 0.1) is 0 Å². The minimum Gasteiger partial charge on any atom is -0.325 e. The Hall–Kier alpha value is -0.220. The number of hydrogen-bond acceptors (Lipinski definition) is 3. The van der Waals surface area contributed by atoms with Crippen molar-refractivity contribution in [3.05, 3.63) is 0 Å². The highest BCUT2D eigenvalue weighted by Gasteiger charge is 2.35. The summed E-state index contributed by atoms with van der Waals surface area (Å²) >= 11 is 1.81. The molecule has 0 radical (unpaired) electrons. The third-order valence-electron chi connectivity index (χ3n) is 3.19. The van der Waals surface area contributed by atoms with Crippen LogP contribution in [-0.4, -0.2) is 41.1 Å². The van der Waals surface area contributed by atoms with E-state index in [1.165, 1.54) is 0 Å². The van der Waals surface area contributed by atoms with Gasteiger partial charge in [-0.2, -0.15) is 11.8 Å². The van der Waals surface area contributed by atoms with Crippen molar-refractivity contribution in [1.82, 2.24) is 10.2 Å². The fraction of sp³-hybridized carbons (Fsp3) is 0.917. The largest absolute Gasteiger partial charge is 0.325 e. The molecule has 3 nitrogen and oxygen atoms in total. The highest BCUT2D eigenvalue weighted by atomic mass is 32.2. The summed E-state index contributed by atoms with van der Waals surface area (Å²) in [5.74, 6) is 0.293. The molecule has 4 heteroatoms. The number of unbranched alkanes of at least 4 members (excludes halogenated alkanes) is 1. The van der Waals surface area contributed by atoms with Gasteiger partial charge in [0.15, 0.2) is 0 Å². The van der Waals surface area contributed by atoms with Gasteiger partial charge in [0.1, 0.15) is 0 Å². The van der Waals surface area contributed by atoms with Crippen LogP contribution in [0.3, 0.4) is 0 Å². The topological polar surface area (TPSA) is 32.3 Å². The van der Waals surface area contributed by atoms with E-state index in [-0.39, 0.29) is 12.2 Å². The number of nitrogens with zero attached hydrogens (tertiary/aromatic N) is 1. The van der Waals surface area contributed by atoms with Gasteiger partial charge >= 0.3 is 0 Å². The van der Waals surface area contributed by atoms with E-state index in [9.17, 15) is 4.79 Å². The van der Waals surface area contributed by atoms with Gasteiger partial charge in [0.2, 0.25) is 5.91 Å². The molecule has 0 aliphatic carbocycles. The third kappa shape index (κ3) is 3.39. The van der Waals surface area contributed by atoms with Crippen molar-refractivity contribution in [3.63, 3.8) is 0 Å². The number of amides is 1. The Morgan fingerprint density at radius 3 is 2.81 bits per heavy atom. The lowest BCUT2D eigenvalue weighted by molar-refractivity contribution is -0.129. The molecule has 1 N–H and O–H groups in total. The first-order valence-electron chi connectivity index (χ1n) is 6.19. The molecule has 1 aliphatic heterocycles. The van der Waals surface area contributed by atoms with Crippen molar-refractivity contribution in [2.45, 2.75) is 57.5 Å². The lowest BCUT2D eigenvalue weighted by Gasteiger charge is -2.23. The molecular formula is C12H24N2OS. The van der Waals surface area contributed by atoms with Gasteiger partial charge in [-0.05, 0) is 19.6 Å². The van der Waals surface area contributed by atoms with E-state index in [1.807, 2.05) is 16.7 Å². The summed E-state index contributed by atoms with van der Waals surface area (Å²) < 4.78 is 0. The molecular weight excluding hydrogens is 220 g/mol. The zero-order valence-electron chi connectivity index (χ0n) is 10.8. The molecule has 3 unspecified atom stereocenters. The minimum atomic E-state index is 0.0593. The highest BCUT2D eigenvalue weighted by Crippen LogP contribution is 2.18. The SMILES string of the molecule is CCCCC1NC(C)N(CC(C)SC)C1=O. The standard InChI is InChI=1S/C12H24N2OS/c1-5-6-7-11-12(15)14(10(3)13-11)8-9(2)16-4/h9-11,13H,5-8H2,1-4H3. The lowest BCUT2D eigenvalue weighted by atomic mass is 10.1. The molecule has 3 atom stereocenters. The monoisotopic (exact) mass is 244 g/mol. The van der Waals surface area contributed by atoms with Crippen LogP contribution in [0.2, 0.25) is 0 Å².